The average Bonchev–Trinajstić information content (AvgIpc) is 3.07. The maximum Gasteiger partial charge on any atom is 0.306 e. The first kappa shape index (κ1) is 44.2. The third-order valence-electron chi connectivity index (χ3n) is 9.27. The second-order valence-corrected chi connectivity index (χ2v) is 13.7. The van der Waals surface area contributed by atoms with Gasteiger partial charge in [0.25, 0.3) is 0 Å². The van der Waals surface area contributed by atoms with Gasteiger partial charge in [0, 0.05) is 13.0 Å². The van der Waals surface area contributed by atoms with Gasteiger partial charge in [-0.15, -0.1) is 0 Å². The SMILES string of the molecule is CCCCCCCCCCCCCCCCCCCCOCC(COC1OC(CO)C(O)C(O)C1O)OC(=O)CCCCCCCC. The first-order valence-electron chi connectivity index (χ1n) is 19.6. The van der Waals surface area contributed by atoms with Crippen molar-refractivity contribution in [3.8, 4) is 0 Å². The van der Waals surface area contributed by atoms with Gasteiger partial charge in [0.15, 0.2) is 6.29 Å². The van der Waals surface area contributed by atoms with E-state index in [2.05, 4.69) is 13.8 Å². The fraction of sp³-hybridized carbons (Fsp3) is 0.974. The summed E-state index contributed by atoms with van der Waals surface area (Å²) in [6.45, 7) is 4.51. The van der Waals surface area contributed by atoms with Gasteiger partial charge in [0.2, 0.25) is 0 Å². The van der Waals surface area contributed by atoms with Crippen molar-refractivity contribution in [3.63, 3.8) is 0 Å². The van der Waals surface area contributed by atoms with Crippen molar-refractivity contribution >= 4 is 5.97 Å². The first-order valence-corrected chi connectivity index (χ1v) is 19.6. The highest BCUT2D eigenvalue weighted by Gasteiger charge is 2.44. The molecule has 1 fully saturated rings. The summed E-state index contributed by atoms with van der Waals surface area (Å²) in [5.74, 6) is -0.320. The topological polar surface area (TPSA) is 135 Å². The number of carbonyl (C=O) groups excluding carboxylic acids is 1. The molecule has 0 spiro atoms. The lowest BCUT2D eigenvalue weighted by atomic mass is 9.99. The van der Waals surface area contributed by atoms with Crippen molar-refractivity contribution in [1.29, 1.82) is 0 Å². The Morgan fingerprint density at radius 1 is 0.596 bits per heavy atom. The number of carbonyl (C=O) groups is 1. The van der Waals surface area contributed by atoms with Crippen molar-refractivity contribution in [1.82, 2.24) is 0 Å². The molecule has 1 rings (SSSR count). The number of hydrogen-bond acceptors (Lipinski definition) is 9. The zero-order valence-corrected chi connectivity index (χ0v) is 30.3. The number of rotatable bonds is 33. The second kappa shape index (κ2) is 31.2. The molecule has 0 aromatic rings. The first-order chi connectivity index (χ1) is 22.9. The number of ether oxygens (including phenoxy) is 4. The maximum absolute atomic E-state index is 12.5. The molecule has 0 aromatic carbocycles. The Morgan fingerprint density at radius 3 is 1.51 bits per heavy atom. The lowest BCUT2D eigenvalue weighted by molar-refractivity contribution is -0.305. The standard InChI is InChI=1S/C38H74O9/c1-3-5-7-9-11-12-13-14-15-16-17-18-19-20-21-22-24-26-28-44-30-32(46-34(40)27-25-23-10-8-6-4-2)31-45-38-37(43)36(42)35(41)33(29-39)47-38/h32-33,35-39,41-43H,3-31H2,1-2H3. The Kier molecular flexibility index (Phi) is 29.3. The molecule has 1 heterocycles. The molecular formula is C38H74O9. The van der Waals surface area contributed by atoms with Crippen molar-refractivity contribution < 1.29 is 44.2 Å². The molecule has 1 aliphatic rings. The molecule has 0 radical (unpaired) electrons. The monoisotopic (exact) mass is 675 g/mol. The molecule has 9 heteroatoms. The maximum atomic E-state index is 12.5. The number of hydrogen-bond donors (Lipinski definition) is 4. The highest BCUT2D eigenvalue weighted by molar-refractivity contribution is 5.69. The van der Waals surface area contributed by atoms with E-state index in [0.29, 0.717) is 13.0 Å². The van der Waals surface area contributed by atoms with Crippen LogP contribution in [0, 0.1) is 0 Å². The molecule has 0 bridgehead atoms. The molecule has 6 unspecified atom stereocenters. The molecular weight excluding hydrogens is 600 g/mol. The molecule has 4 N–H and O–H groups in total. The van der Waals surface area contributed by atoms with E-state index in [4.69, 9.17) is 18.9 Å². The van der Waals surface area contributed by atoms with E-state index >= 15 is 0 Å². The van der Waals surface area contributed by atoms with Crippen LogP contribution in [0.3, 0.4) is 0 Å². The summed E-state index contributed by atoms with van der Waals surface area (Å²) < 4.78 is 22.6. The molecule has 0 saturated carbocycles. The van der Waals surface area contributed by atoms with E-state index in [1.165, 1.54) is 122 Å². The van der Waals surface area contributed by atoms with Gasteiger partial charge in [-0.1, -0.05) is 155 Å². The zero-order valence-electron chi connectivity index (χ0n) is 30.3. The summed E-state index contributed by atoms with van der Waals surface area (Å²) in [7, 11) is 0. The Hall–Kier alpha value is -0.810. The second-order valence-electron chi connectivity index (χ2n) is 13.7. The van der Waals surface area contributed by atoms with E-state index in [9.17, 15) is 25.2 Å². The zero-order chi connectivity index (χ0) is 34.4. The molecule has 0 aromatic heterocycles. The molecule has 6 atom stereocenters. The van der Waals surface area contributed by atoms with Crippen LogP contribution in [0.15, 0.2) is 0 Å². The molecule has 280 valence electrons. The average molecular weight is 675 g/mol. The Morgan fingerprint density at radius 2 is 1.04 bits per heavy atom. The van der Waals surface area contributed by atoms with Gasteiger partial charge in [-0.25, -0.2) is 0 Å². The summed E-state index contributed by atoms with van der Waals surface area (Å²) >= 11 is 0. The van der Waals surface area contributed by atoms with E-state index in [1.54, 1.807) is 0 Å². The Labute approximate surface area is 287 Å². The lowest BCUT2D eigenvalue weighted by Crippen LogP contribution is -2.59. The van der Waals surface area contributed by atoms with Crippen LogP contribution in [-0.2, 0) is 23.7 Å². The Bertz CT molecular complexity index is 692. The highest BCUT2D eigenvalue weighted by Crippen LogP contribution is 2.22. The molecule has 1 saturated heterocycles. The van der Waals surface area contributed by atoms with Gasteiger partial charge in [0.1, 0.15) is 30.5 Å². The van der Waals surface area contributed by atoms with Gasteiger partial charge < -0.3 is 39.4 Å². The van der Waals surface area contributed by atoms with Gasteiger partial charge in [-0.3, -0.25) is 4.79 Å². The Balaban J connectivity index is 2.20. The predicted octanol–water partition coefficient (Wildman–Crippen LogP) is 7.52. The van der Waals surface area contributed by atoms with Crippen LogP contribution >= 0.6 is 0 Å². The van der Waals surface area contributed by atoms with Crippen LogP contribution in [-0.4, -0.2) is 89.6 Å². The summed E-state index contributed by atoms with van der Waals surface area (Å²) in [5.41, 5.74) is 0. The molecule has 0 aliphatic carbocycles. The highest BCUT2D eigenvalue weighted by atomic mass is 16.7. The molecule has 9 nitrogen and oxygen atoms in total. The van der Waals surface area contributed by atoms with Crippen molar-refractivity contribution in [3.05, 3.63) is 0 Å². The summed E-state index contributed by atoms with van der Waals surface area (Å²) in [4.78, 5) is 12.5. The quantitative estimate of drug-likeness (QED) is 0.0412. The third-order valence-corrected chi connectivity index (χ3v) is 9.27. The van der Waals surface area contributed by atoms with Crippen molar-refractivity contribution in [2.24, 2.45) is 0 Å². The van der Waals surface area contributed by atoms with E-state index in [0.717, 1.165) is 32.1 Å². The van der Waals surface area contributed by atoms with Gasteiger partial charge in [-0.05, 0) is 12.8 Å². The van der Waals surface area contributed by atoms with Crippen LogP contribution in [0.25, 0.3) is 0 Å². The van der Waals surface area contributed by atoms with E-state index in [1.807, 2.05) is 0 Å². The van der Waals surface area contributed by atoms with Crippen LogP contribution < -0.4 is 0 Å². The van der Waals surface area contributed by atoms with Crippen LogP contribution in [0.2, 0.25) is 0 Å². The van der Waals surface area contributed by atoms with Crippen LogP contribution in [0.1, 0.15) is 174 Å². The smallest absolute Gasteiger partial charge is 0.306 e. The minimum atomic E-state index is -1.53. The lowest BCUT2D eigenvalue weighted by Gasteiger charge is -2.39. The summed E-state index contributed by atoms with van der Waals surface area (Å²) in [6, 6.07) is 0. The van der Waals surface area contributed by atoms with Gasteiger partial charge >= 0.3 is 5.97 Å². The fourth-order valence-corrected chi connectivity index (χ4v) is 6.14. The molecule has 1 aliphatic heterocycles. The minimum absolute atomic E-state index is 0.107. The summed E-state index contributed by atoms with van der Waals surface area (Å²) in [6.07, 6.45) is 23.0. The number of aliphatic hydroxyl groups is 4. The number of esters is 1. The normalized spacial score (nSPS) is 22.0. The van der Waals surface area contributed by atoms with Crippen LogP contribution in [0.5, 0.6) is 0 Å². The van der Waals surface area contributed by atoms with E-state index < -0.39 is 43.4 Å². The van der Waals surface area contributed by atoms with Crippen LogP contribution in [0.4, 0.5) is 0 Å². The summed E-state index contributed by atoms with van der Waals surface area (Å²) in [5, 5.41) is 39.8. The van der Waals surface area contributed by atoms with Gasteiger partial charge in [0.05, 0.1) is 19.8 Å². The van der Waals surface area contributed by atoms with E-state index in [-0.39, 0.29) is 19.2 Å². The fourth-order valence-electron chi connectivity index (χ4n) is 6.14. The van der Waals surface area contributed by atoms with Gasteiger partial charge in [-0.2, -0.15) is 0 Å². The number of unbranched alkanes of at least 4 members (excludes halogenated alkanes) is 22. The predicted molar refractivity (Wildman–Crippen MR) is 187 cm³/mol. The molecule has 0 amide bonds. The third kappa shape index (κ3) is 23.3. The minimum Gasteiger partial charge on any atom is -0.457 e. The number of aliphatic hydroxyl groups excluding tert-OH is 4. The molecule has 47 heavy (non-hydrogen) atoms. The largest absolute Gasteiger partial charge is 0.457 e. The van der Waals surface area contributed by atoms with Crippen molar-refractivity contribution in [2.45, 2.75) is 211 Å². The van der Waals surface area contributed by atoms with Crippen molar-refractivity contribution in [2.75, 3.05) is 26.4 Å².